The zero-order valence-electron chi connectivity index (χ0n) is 18.8. The number of hydrogen-bond acceptors (Lipinski definition) is 5. The van der Waals surface area contributed by atoms with Crippen LogP contribution in [0.25, 0.3) is 11.3 Å². The molecule has 0 radical (unpaired) electrons. The highest BCUT2D eigenvalue weighted by atomic mass is 35.5. The van der Waals surface area contributed by atoms with Gasteiger partial charge in [0.1, 0.15) is 11.5 Å². The molecule has 0 bridgehead atoms. The molecule has 0 spiro atoms. The first-order valence-electron chi connectivity index (χ1n) is 10.7. The largest absolute Gasteiger partial charge is 0.455 e. The Morgan fingerprint density at radius 2 is 1.89 bits per heavy atom. The molecule has 1 N–H and O–H groups in total. The van der Waals surface area contributed by atoms with E-state index in [0.29, 0.717) is 17.5 Å². The summed E-state index contributed by atoms with van der Waals surface area (Å²) in [5.41, 5.74) is 1.60. The molecule has 10 heteroatoms. The number of hydrogen-bond donors (Lipinski definition) is 1. The van der Waals surface area contributed by atoms with E-state index < -0.39 is 11.7 Å². The van der Waals surface area contributed by atoms with E-state index in [2.05, 4.69) is 41.5 Å². The number of thioether (sulfide) groups is 1. The lowest BCUT2D eigenvalue weighted by atomic mass is 10.0. The van der Waals surface area contributed by atoms with E-state index in [9.17, 15) is 18.0 Å². The molecular formula is C25H21ClF3N3O2S. The Hall–Kier alpha value is -3.04. The summed E-state index contributed by atoms with van der Waals surface area (Å²) in [5, 5.41) is 10.8. The van der Waals surface area contributed by atoms with Crippen LogP contribution in [0.3, 0.4) is 0 Å². The lowest BCUT2D eigenvalue weighted by molar-refractivity contribution is -0.137. The van der Waals surface area contributed by atoms with Crippen molar-refractivity contribution in [2.45, 2.75) is 37.6 Å². The third kappa shape index (κ3) is 6.15. The van der Waals surface area contributed by atoms with Crippen LogP contribution >= 0.6 is 23.4 Å². The van der Waals surface area contributed by atoms with Crippen molar-refractivity contribution in [3.63, 3.8) is 0 Å². The fourth-order valence-electron chi connectivity index (χ4n) is 3.43. The fraction of sp³-hybridized carbons (Fsp3) is 0.240. The van der Waals surface area contributed by atoms with Crippen LogP contribution in [0, 0.1) is 0 Å². The van der Waals surface area contributed by atoms with Gasteiger partial charge in [-0.05, 0) is 53.8 Å². The van der Waals surface area contributed by atoms with Crippen LogP contribution in [0.1, 0.15) is 42.2 Å². The molecule has 1 aliphatic rings. The quantitative estimate of drug-likeness (QED) is 0.284. The highest BCUT2D eigenvalue weighted by Crippen LogP contribution is 2.36. The van der Waals surface area contributed by atoms with E-state index in [-0.39, 0.29) is 33.3 Å². The molecule has 1 fully saturated rings. The highest BCUT2D eigenvalue weighted by molar-refractivity contribution is 8.15. The second-order valence-corrected chi connectivity index (χ2v) is 9.84. The Balaban J connectivity index is 1.40. The van der Waals surface area contributed by atoms with Gasteiger partial charge in [0.05, 0.1) is 22.1 Å². The molecule has 2 heterocycles. The van der Waals surface area contributed by atoms with Crippen molar-refractivity contribution in [1.29, 1.82) is 0 Å². The Labute approximate surface area is 209 Å². The van der Waals surface area contributed by atoms with Gasteiger partial charge in [0, 0.05) is 5.56 Å². The van der Waals surface area contributed by atoms with Crippen molar-refractivity contribution in [2.75, 3.05) is 0 Å². The highest BCUT2D eigenvalue weighted by Gasteiger charge is 2.32. The van der Waals surface area contributed by atoms with E-state index in [1.54, 1.807) is 6.07 Å². The molecular weight excluding hydrogens is 499 g/mol. The minimum atomic E-state index is -4.49. The van der Waals surface area contributed by atoms with Crippen molar-refractivity contribution in [3.8, 4) is 11.3 Å². The standard InChI is InChI=1S/C25H21ClF3N3O2S/c1-14(2)16-5-3-15(4-6-16)11-22-23(33)31-24(35-22)32-30-13-18-8-10-21(34-18)19-12-17(25(27,28)29)7-9-20(19)26/h3-10,12-14,22H,11H2,1-2H3,(H,31,32,33)/b30-13+. The van der Waals surface area contributed by atoms with Crippen LogP contribution in [0.15, 0.2) is 69.2 Å². The Morgan fingerprint density at radius 3 is 2.57 bits per heavy atom. The summed E-state index contributed by atoms with van der Waals surface area (Å²) in [4.78, 5) is 12.3. The van der Waals surface area contributed by atoms with E-state index >= 15 is 0 Å². The minimum absolute atomic E-state index is 0.121. The summed E-state index contributed by atoms with van der Waals surface area (Å²) < 4.78 is 44.6. The molecule has 1 aromatic heterocycles. The smallest absolute Gasteiger partial charge is 0.416 e. The van der Waals surface area contributed by atoms with Crippen molar-refractivity contribution in [2.24, 2.45) is 10.2 Å². The first kappa shape index (κ1) is 25.1. The van der Waals surface area contributed by atoms with Crippen molar-refractivity contribution in [3.05, 3.63) is 82.1 Å². The summed E-state index contributed by atoms with van der Waals surface area (Å²) in [5.74, 6) is 0.740. The number of amidine groups is 1. The monoisotopic (exact) mass is 519 g/mol. The summed E-state index contributed by atoms with van der Waals surface area (Å²) in [6.45, 7) is 4.26. The maximum atomic E-state index is 13.0. The van der Waals surface area contributed by atoms with Crippen LogP contribution in [0.2, 0.25) is 5.02 Å². The molecule has 1 aliphatic heterocycles. The normalized spacial score (nSPS) is 17.6. The lowest BCUT2D eigenvalue weighted by Crippen LogP contribution is -2.25. The number of halogens is 4. The number of benzene rings is 2. The molecule has 0 aliphatic carbocycles. The van der Waals surface area contributed by atoms with Gasteiger partial charge in [-0.1, -0.05) is 61.5 Å². The predicted octanol–water partition coefficient (Wildman–Crippen LogP) is 6.91. The molecule has 3 aromatic rings. The van der Waals surface area contributed by atoms with Gasteiger partial charge >= 0.3 is 6.18 Å². The number of furan rings is 1. The third-order valence-corrected chi connectivity index (χ3v) is 6.77. The molecule has 182 valence electrons. The molecule has 1 atom stereocenters. The topological polar surface area (TPSA) is 67.0 Å². The Bertz CT molecular complexity index is 1280. The Kier molecular flexibility index (Phi) is 7.37. The molecule has 2 aromatic carbocycles. The zero-order valence-corrected chi connectivity index (χ0v) is 20.3. The fourth-order valence-corrected chi connectivity index (χ4v) is 4.61. The zero-order chi connectivity index (χ0) is 25.2. The molecule has 35 heavy (non-hydrogen) atoms. The van der Waals surface area contributed by atoms with Crippen LogP contribution in [0.4, 0.5) is 13.2 Å². The second kappa shape index (κ2) is 10.3. The van der Waals surface area contributed by atoms with Gasteiger partial charge in [0.25, 0.3) is 0 Å². The first-order chi connectivity index (χ1) is 16.6. The van der Waals surface area contributed by atoms with E-state index in [0.717, 1.165) is 17.7 Å². The number of amides is 1. The number of nitrogens with one attached hydrogen (secondary N) is 1. The van der Waals surface area contributed by atoms with Gasteiger partial charge in [0.2, 0.25) is 5.91 Å². The number of carbonyl (C=O) groups excluding carboxylic acids is 1. The predicted molar refractivity (Wildman–Crippen MR) is 133 cm³/mol. The van der Waals surface area contributed by atoms with E-state index in [1.807, 2.05) is 12.1 Å². The number of alkyl halides is 3. The van der Waals surface area contributed by atoms with Gasteiger partial charge in [-0.2, -0.15) is 18.3 Å². The summed E-state index contributed by atoms with van der Waals surface area (Å²) in [6, 6.07) is 14.3. The van der Waals surface area contributed by atoms with Gasteiger partial charge in [0.15, 0.2) is 5.17 Å². The van der Waals surface area contributed by atoms with Crippen molar-refractivity contribution < 1.29 is 22.4 Å². The van der Waals surface area contributed by atoms with Crippen molar-refractivity contribution >= 4 is 40.7 Å². The maximum absolute atomic E-state index is 13.0. The average Bonchev–Trinajstić information content (AvgIpc) is 3.40. The summed E-state index contributed by atoms with van der Waals surface area (Å²) >= 11 is 7.35. The minimum Gasteiger partial charge on any atom is -0.455 e. The molecule has 4 rings (SSSR count). The van der Waals surface area contributed by atoms with E-state index in [4.69, 9.17) is 16.0 Å². The average molecular weight is 520 g/mol. The molecule has 1 unspecified atom stereocenters. The van der Waals surface area contributed by atoms with Crippen LogP contribution in [-0.2, 0) is 17.4 Å². The number of rotatable bonds is 6. The third-order valence-electron chi connectivity index (χ3n) is 5.36. The summed E-state index contributed by atoms with van der Waals surface area (Å²) in [7, 11) is 0. The molecule has 1 saturated heterocycles. The van der Waals surface area contributed by atoms with Crippen LogP contribution < -0.4 is 5.32 Å². The van der Waals surface area contributed by atoms with Crippen LogP contribution in [0.5, 0.6) is 0 Å². The number of nitrogens with zero attached hydrogens (tertiary/aromatic N) is 2. The van der Waals surface area contributed by atoms with Crippen molar-refractivity contribution in [1.82, 2.24) is 5.32 Å². The van der Waals surface area contributed by atoms with Gasteiger partial charge in [-0.25, -0.2) is 0 Å². The first-order valence-corrected chi connectivity index (χ1v) is 12.0. The molecule has 1 amide bonds. The molecule has 5 nitrogen and oxygen atoms in total. The van der Waals surface area contributed by atoms with E-state index in [1.165, 1.54) is 35.7 Å². The Morgan fingerprint density at radius 1 is 1.14 bits per heavy atom. The number of carbonyl (C=O) groups is 1. The van der Waals surface area contributed by atoms with Gasteiger partial charge in [-0.15, -0.1) is 5.10 Å². The SMILES string of the molecule is CC(C)c1ccc(CC2S/C(=N/N=C/c3ccc(-c4cc(C(F)(F)F)ccc4Cl)o3)NC2=O)cc1. The summed E-state index contributed by atoms with van der Waals surface area (Å²) in [6.07, 6.45) is -2.62. The van der Waals surface area contributed by atoms with Crippen LogP contribution in [-0.4, -0.2) is 22.5 Å². The molecule has 0 saturated carbocycles. The maximum Gasteiger partial charge on any atom is 0.416 e. The lowest BCUT2D eigenvalue weighted by Gasteiger charge is -2.09. The second-order valence-electron chi connectivity index (χ2n) is 8.24. The van der Waals surface area contributed by atoms with Gasteiger partial charge in [-0.3, -0.25) is 4.79 Å². The van der Waals surface area contributed by atoms with Gasteiger partial charge < -0.3 is 9.73 Å².